The molecule has 0 atom stereocenters. The molecule has 2 saturated heterocycles. The normalized spacial score (nSPS) is 27.0. The Balaban J connectivity index is 1.58. The zero-order valence-electron chi connectivity index (χ0n) is 7.51. The molecule has 2 N–H and O–H groups in total. The maximum atomic E-state index is 3.62. The average Bonchev–Trinajstić information content (AvgIpc) is 2.04. The lowest BCUT2D eigenvalue weighted by Gasteiger charge is -2.31. The predicted molar refractivity (Wildman–Crippen MR) is 54.7 cm³/mol. The molecule has 12 heavy (non-hydrogen) atoms. The SMILES string of the molecule is C1CC(CNC2CNC2)CCS1. The van der Waals surface area contributed by atoms with Crippen LogP contribution in [0, 0.1) is 5.92 Å². The first-order chi connectivity index (χ1) is 5.95. The zero-order chi connectivity index (χ0) is 8.23. The van der Waals surface area contributed by atoms with Crippen molar-refractivity contribution >= 4 is 11.8 Å². The van der Waals surface area contributed by atoms with Crippen molar-refractivity contribution in [1.29, 1.82) is 0 Å². The third-order valence-corrected chi connectivity index (χ3v) is 3.87. The van der Waals surface area contributed by atoms with Gasteiger partial charge in [-0.25, -0.2) is 0 Å². The molecular weight excluding hydrogens is 168 g/mol. The Morgan fingerprint density at radius 1 is 1.25 bits per heavy atom. The molecule has 0 aromatic carbocycles. The van der Waals surface area contributed by atoms with Gasteiger partial charge in [-0.1, -0.05) is 0 Å². The van der Waals surface area contributed by atoms with Gasteiger partial charge in [-0.3, -0.25) is 0 Å². The Bertz CT molecular complexity index is 130. The van der Waals surface area contributed by atoms with Gasteiger partial charge in [-0.05, 0) is 36.8 Å². The van der Waals surface area contributed by atoms with Crippen molar-refractivity contribution in [3.05, 3.63) is 0 Å². The van der Waals surface area contributed by atoms with Gasteiger partial charge in [0.05, 0.1) is 0 Å². The Labute approximate surface area is 78.9 Å². The minimum atomic E-state index is 0.777. The number of hydrogen-bond acceptors (Lipinski definition) is 3. The smallest absolute Gasteiger partial charge is 0.0317 e. The summed E-state index contributed by atoms with van der Waals surface area (Å²) >= 11 is 2.11. The van der Waals surface area contributed by atoms with Gasteiger partial charge in [0.25, 0.3) is 0 Å². The highest BCUT2D eigenvalue weighted by Crippen LogP contribution is 2.21. The van der Waals surface area contributed by atoms with Crippen LogP contribution in [0.2, 0.25) is 0 Å². The summed E-state index contributed by atoms with van der Waals surface area (Å²) < 4.78 is 0. The van der Waals surface area contributed by atoms with Crippen molar-refractivity contribution in [2.75, 3.05) is 31.1 Å². The third kappa shape index (κ3) is 2.38. The quantitative estimate of drug-likeness (QED) is 0.678. The summed E-state index contributed by atoms with van der Waals surface area (Å²) in [5, 5.41) is 6.90. The first-order valence-electron chi connectivity index (χ1n) is 4.97. The highest BCUT2D eigenvalue weighted by atomic mass is 32.2. The number of rotatable bonds is 3. The van der Waals surface area contributed by atoms with Gasteiger partial charge in [0, 0.05) is 19.1 Å². The van der Waals surface area contributed by atoms with E-state index in [1.165, 1.54) is 44.0 Å². The molecule has 2 aliphatic heterocycles. The van der Waals surface area contributed by atoms with Gasteiger partial charge < -0.3 is 10.6 Å². The van der Waals surface area contributed by atoms with E-state index < -0.39 is 0 Å². The molecule has 2 nitrogen and oxygen atoms in total. The van der Waals surface area contributed by atoms with Gasteiger partial charge in [0.2, 0.25) is 0 Å². The largest absolute Gasteiger partial charge is 0.314 e. The molecule has 0 bridgehead atoms. The molecule has 2 aliphatic rings. The van der Waals surface area contributed by atoms with Crippen molar-refractivity contribution in [1.82, 2.24) is 10.6 Å². The summed E-state index contributed by atoms with van der Waals surface area (Å²) in [6, 6.07) is 0.777. The molecule has 0 aliphatic carbocycles. The first-order valence-corrected chi connectivity index (χ1v) is 6.12. The van der Waals surface area contributed by atoms with Crippen molar-refractivity contribution in [2.24, 2.45) is 5.92 Å². The van der Waals surface area contributed by atoms with Crippen LogP contribution in [0.15, 0.2) is 0 Å². The van der Waals surface area contributed by atoms with Gasteiger partial charge in [0.1, 0.15) is 0 Å². The lowest BCUT2D eigenvalue weighted by Crippen LogP contribution is -2.56. The Kier molecular flexibility index (Phi) is 3.31. The second-order valence-corrected chi connectivity index (χ2v) is 5.04. The van der Waals surface area contributed by atoms with Crippen LogP contribution in [-0.4, -0.2) is 37.2 Å². The van der Waals surface area contributed by atoms with Gasteiger partial charge >= 0.3 is 0 Å². The zero-order valence-corrected chi connectivity index (χ0v) is 8.33. The van der Waals surface area contributed by atoms with Gasteiger partial charge in [-0.15, -0.1) is 0 Å². The van der Waals surface area contributed by atoms with E-state index in [4.69, 9.17) is 0 Å². The molecular formula is C9H18N2S. The molecule has 0 radical (unpaired) electrons. The third-order valence-electron chi connectivity index (χ3n) is 2.82. The molecule has 0 spiro atoms. The fourth-order valence-electron chi connectivity index (χ4n) is 1.72. The van der Waals surface area contributed by atoms with Crippen LogP contribution in [-0.2, 0) is 0 Å². The molecule has 2 fully saturated rings. The topological polar surface area (TPSA) is 24.1 Å². The van der Waals surface area contributed by atoms with Crippen LogP contribution in [0.4, 0.5) is 0 Å². The molecule has 0 aromatic rings. The van der Waals surface area contributed by atoms with Crippen molar-refractivity contribution in [2.45, 2.75) is 18.9 Å². The molecule has 3 heteroatoms. The summed E-state index contributed by atoms with van der Waals surface area (Å²) in [5.41, 5.74) is 0. The first kappa shape index (κ1) is 8.85. The maximum Gasteiger partial charge on any atom is 0.0317 e. The maximum absolute atomic E-state index is 3.62. The van der Waals surface area contributed by atoms with E-state index >= 15 is 0 Å². The summed E-state index contributed by atoms with van der Waals surface area (Å²) in [5.74, 6) is 3.73. The fraction of sp³-hybridized carbons (Fsp3) is 1.00. The Morgan fingerprint density at radius 2 is 2.00 bits per heavy atom. The van der Waals surface area contributed by atoms with E-state index in [2.05, 4.69) is 22.4 Å². The predicted octanol–water partition coefficient (Wildman–Crippen LogP) is 0.691. The minimum Gasteiger partial charge on any atom is -0.314 e. The Morgan fingerprint density at radius 3 is 2.58 bits per heavy atom. The molecule has 2 heterocycles. The summed E-state index contributed by atoms with van der Waals surface area (Å²) in [6.45, 7) is 3.62. The monoisotopic (exact) mass is 186 g/mol. The molecule has 2 rings (SSSR count). The molecule has 0 unspecified atom stereocenters. The van der Waals surface area contributed by atoms with E-state index in [-0.39, 0.29) is 0 Å². The summed E-state index contributed by atoms with van der Waals surface area (Å²) in [4.78, 5) is 0. The van der Waals surface area contributed by atoms with Crippen LogP contribution in [0.5, 0.6) is 0 Å². The number of nitrogens with one attached hydrogen (secondary N) is 2. The van der Waals surface area contributed by atoms with Crippen LogP contribution >= 0.6 is 11.8 Å². The standard InChI is InChI=1S/C9H18N2S/c1-3-12-4-2-8(1)5-11-9-6-10-7-9/h8-11H,1-7H2. The van der Waals surface area contributed by atoms with E-state index in [9.17, 15) is 0 Å². The number of thioether (sulfide) groups is 1. The van der Waals surface area contributed by atoms with E-state index in [1.807, 2.05) is 0 Å². The number of hydrogen-bond donors (Lipinski definition) is 2. The molecule has 0 amide bonds. The van der Waals surface area contributed by atoms with Crippen molar-refractivity contribution in [3.8, 4) is 0 Å². The summed E-state index contributed by atoms with van der Waals surface area (Å²) in [7, 11) is 0. The highest BCUT2D eigenvalue weighted by molar-refractivity contribution is 7.99. The molecule has 0 saturated carbocycles. The van der Waals surface area contributed by atoms with E-state index in [0.29, 0.717) is 0 Å². The van der Waals surface area contributed by atoms with Crippen LogP contribution in [0.3, 0.4) is 0 Å². The van der Waals surface area contributed by atoms with Gasteiger partial charge in [0.15, 0.2) is 0 Å². The van der Waals surface area contributed by atoms with Crippen molar-refractivity contribution < 1.29 is 0 Å². The fourth-order valence-corrected chi connectivity index (χ4v) is 2.92. The summed E-state index contributed by atoms with van der Waals surface area (Å²) in [6.07, 6.45) is 2.86. The van der Waals surface area contributed by atoms with Gasteiger partial charge in [-0.2, -0.15) is 11.8 Å². The Hall–Kier alpha value is 0.270. The van der Waals surface area contributed by atoms with Crippen LogP contribution < -0.4 is 10.6 Å². The van der Waals surface area contributed by atoms with Crippen LogP contribution in [0.25, 0.3) is 0 Å². The molecule has 0 aromatic heterocycles. The molecule has 70 valence electrons. The second kappa shape index (κ2) is 4.49. The lowest BCUT2D eigenvalue weighted by molar-refractivity contribution is 0.331. The lowest BCUT2D eigenvalue weighted by atomic mass is 10.0. The average molecular weight is 186 g/mol. The second-order valence-electron chi connectivity index (χ2n) is 3.82. The highest BCUT2D eigenvalue weighted by Gasteiger charge is 2.19. The van der Waals surface area contributed by atoms with Crippen LogP contribution in [0.1, 0.15) is 12.8 Å². The van der Waals surface area contributed by atoms with E-state index in [0.717, 1.165) is 12.0 Å². The van der Waals surface area contributed by atoms with Crippen molar-refractivity contribution in [3.63, 3.8) is 0 Å². The van der Waals surface area contributed by atoms with E-state index in [1.54, 1.807) is 0 Å². The minimum absolute atomic E-state index is 0.777.